The SMILES string of the molecule is CCc1ccc2nc(Nc3nc4scc(-c5ccc(OC)cc5)n4n3)sc2c1. The number of nitrogens with one attached hydrogen (secondary N) is 1. The lowest BCUT2D eigenvalue weighted by Crippen LogP contribution is -1.93. The third-order valence-corrected chi connectivity index (χ3v) is 6.30. The Morgan fingerprint density at radius 1 is 1.11 bits per heavy atom. The van der Waals surface area contributed by atoms with E-state index in [-0.39, 0.29) is 0 Å². The molecule has 0 saturated heterocycles. The van der Waals surface area contributed by atoms with Crippen molar-refractivity contribution in [2.75, 3.05) is 12.4 Å². The molecule has 2 aromatic carbocycles. The summed E-state index contributed by atoms with van der Waals surface area (Å²) in [6.45, 7) is 2.16. The van der Waals surface area contributed by atoms with Gasteiger partial charge in [-0.2, -0.15) is 4.98 Å². The van der Waals surface area contributed by atoms with Crippen LogP contribution in [0.15, 0.2) is 47.8 Å². The maximum atomic E-state index is 5.24. The van der Waals surface area contributed by atoms with Crippen LogP contribution in [0.1, 0.15) is 12.5 Å². The van der Waals surface area contributed by atoms with Crippen LogP contribution >= 0.6 is 22.7 Å². The maximum Gasteiger partial charge on any atom is 0.250 e. The summed E-state index contributed by atoms with van der Waals surface area (Å²) in [5.74, 6) is 1.38. The molecule has 0 fully saturated rings. The number of benzene rings is 2. The number of aryl methyl sites for hydroxylation is 1. The molecule has 6 nitrogen and oxygen atoms in total. The van der Waals surface area contributed by atoms with Gasteiger partial charge in [0.15, 0.2) is 5.13 Å². The molecule has 0 aliphatic rings. The largest absolute Gasteiger partial charge is 0.497 e. The number of ether oxygens (including phenoxy) is 1. The molecular weight excluding hydrogens is 390 g/mol. The number of rotatable bonds is 5. The molecule has 0 radical (unpaired) electrons. The van der Waals surface area contributed by atoms with Gasteiger partial charge in [-0.3, -0.25) is 5.32 Å². The Morgan fingerprint density at radius 3 is 2.75 bits per heavy atom. The van der Waals surface area contributed by atoms with Gasteiger partial charge in [-0.15, -0.1) is 16.4 Å². The Bertz CT molecular complexity index is 1270. The van der Waals surface area contributed by atoms with Crippen LogP contribution < -0.4 is 10.1 Å². The second-order valence-corrected chi connectivity index (χ2v) is 8.15. The van der Waals surface area contributed by atoms with Gasteiger partial charge in [0.2, 0.25) is 10.9 Å². The summed E-state index contributed by atoms with van der Waals surface area (Å²) in [5, 5.41) is 10.7. The fraction of sp³-hybridized carbons (Fsp3) is 0.150. The lowest BCUT2D eigenvalue weighted by Gasteiger charge is -2.01. The minimum atomic E-state index is 0.552. The fourth-order valence-corrected chi connectivity index (χ4v) is 4.79. The number of nitrogens with zero attached hydrogens (tertiary/aromatic N) is 4. The van der Waals surface area contributed by atoms with Crippen molar-refractivity contribution in [1.82, 2.24) is 19.6 Å². The third-order valence-electron chi connectivity index (χ3n) is 4.55. The molecule has 0 saturated carbocycles. The number of fused-ring (bicyclic) bond motifs is 2. The van der Waals surface area contributed by atoms with E-state index in [0.29, 0.717) is 5.95 Å². The zero-order valence-corrected chi connectivity index (χ0v) is 17.0. The molecule has 5 aromatic rings. The molecule has 140 valence electrons. The van der Waals surface area contributed by atoms with E-state index in [9.17, 15) is 0 Å². The van der Waals surface area contributed by atoms with Gasteiger partial charge < -0.3 is 4.74 Å². The van der Waals surface area contributed by atoms with Gasteiger partial charge in [0.25, 0.3) is 0 Å². The van der Waals surface area contributed by atoms with Crippen LogP contribution in [0.2, 0.25) is 0 Å². The second kappa shape index (κ2) is 6.88. The molecule has 0 spiro atoms. The maximum absolute atomic E-state index is 5.24. The number of anilines is 2. The molecule has 0 aliphatic heterocycles. The smallest absolute Gasteiger partial charge is 0.250 e. The minimum absolute atomic E-state index is 0.552. The minimum Gasteiger partial charge on any atom is -0.497 e. The third kappa shape index (κ3) is 3.00. The Balaban J connectivity index is 1.46. The molecule has 0 bridgehead atoms. The number of aromatic nitrogens is 4. The first-order chi connectivity index (χ1) is 13.7. The molecule has 3 aromatic heterocycles. The molecule has 0 unspecified atom stereocenters. The predicted molar refractivity (Wildman–Crippen MR) is 115 cm³/mol. The first kappa shape index (κ1) is 17.2. The van der Waals surface area contributed by atoms with Gasteiger partial charge in [0.05, 0.1) is 23.0 Å². The zero-order valence-electron chi connectivity index (χ0n) is 15.3. The van der Waals surface area contributed by atoms with Crippen molar-refractivity contribution in [3.63, 3.8) is 0 Å². The first-order valence-electron chi connectivity index (χ1n) is 8.88. The zero-order chi connectivity index (χ0) is 19.1. The van der Waals surface area contributed by atoms with Crippen molar-refractivity contribution in [2.24, 2.45) is 0 Å². The average Bonchev–Trinajstić information content (AvgIpc) is 3.41. The highest BCUT2D eigenvalue weighted by molar-refractivity contribution is 7.22. The van der Waals surface area contributed by atoms with Crippen molar-refractivity contribution in [3.8, 4) is 17.0 Å². The highest BCUT2D eigenvalue weighted by Crippen LogP contribution is 2.31. The second-order valence-electron chi connectivity index (χ2n) is 6.28. The van der Waals surface area contributed by atoms with Crippen LogP contribution in [0.5, 0.6) is 5.75 Å². The van der Waals surface area contributed by atoms with E-state index in [0.717, 1.165) is 39.0 Å². The summed E-state index contributed by atoms with van der Waals surface area (Å²) in [6, 6.07) is 14.3. The average molecular weight is 408 g/mol. The summed E-state index contributed by atoms with van der Waals surface area (Å²) >= 11 is 3.18. The molecule has 0 aliphatic carbocycles. The van der Waals surface area contributed by atoms with Gasteiger partial charge in [0.1, 0.15) is 5.75 Å². The number of hydrogen-bond acceptors (Lipinski definition) is 7. The van der Waals surface area contributed by atoms with Gasteiger partial charge in [0, 0.05) is 10.9 Å². The molecule has 3 heterocycles. The number of methoxy groups -OCH3 is 1. The van der Waals surface area contributed by atoms with Crippen LogP contribution in [0.4, 0.5) is 11.1 Å². The molecule has 0 amide bonds. The van der Waals surface area contributed by atoms with E-state index in [2.05, 4.69) is 50.9 Å². The first-order valence-corrected chi connectivity index (χ1v) is 10.6. The van der Waals surface area contributed by atoms with Gasteiger partial charge in [-0.05, 0) is 48.4 Å². The Morgan fingerprint density at radius 2 is 1.96 bits per heavy atom. The van der Waals surface area contributed by atoms with E-state index < -0.39 is 0 Å². The number of hydrogen-bond donors (Lipinski definition) is 1. The lowest BCUT2D eigenvalue weighted by molar-refractivity contribution is 0.415. The van der Waals surface area contributed by atoms with Crippen LogP contribution in [0.3, 0.4) is 0 Å². The quantitative estimate of drug-likeness (QED) is 0.424. The van der Waals surface area contributed by atoms with E-state index in [1.165, 1.54) is 10.3 Å². The van der Waals surface area contributed by atoms with E-state index in [4.69, 9.17) is 4.74 Å². The van der Waals surface area contributed by atoms with Crippen molar-refractivity contribution >= 4 is 48.9 Å². The predicted octanol–water partition coefficient (Wildman–Crippen LogP) is 5.38. The summed E-state index contributed by atoms with van der Waals surface area (Å²) in [4.78, 5) is 10.1. The molecule has 1 N–H and O–H groups in total. The molecule has 5 rings (SSSR count). The van der Waals surface area contributed by atoms with Gasteiger partial charge >= 0.3 is 0 Å². The highest BCUT2D eigenvalue weighted by atomic mass is 32.1. The van der Waals surface area contributed by atoms with E-state index in [1.54, 1.807) is 29.8 Å². The van der Waals surface area contributed by atoms with Crippen LogP contribution in [0.25, 0.3) is 26.4 Å². The summed E-state index contributed by atoms with van der Waals surface area (Å²) < 4.78 is 8.26. The van der Waals surface area contributed by atoms with E-state index >= 15 is 0 Å². The van der Waals surface area contributed by atoms with Crippen molar-refractivity contribution in [3.05, 3.63) is 53.4 Å². The normalized spacial score (nSPS) is 11.4. The standard InChI is InChI=1S/C20H17N5OS2/c1-3-12-4-9-15-17(10-12)28-19(21-15)22-18-23-20-25(24-18)16(11-27-20)13-5-7-14(26-2)8-6-13/h4-11H,3H2,1-2H3,(H,21,22,24). The number of thiazole rings is 2. The molecule has 0 atom stereocenters. The van der Waals surface area contributed by atoms with Gasteiger partial charge in [-0.25, -0.2) is 9.50 Å². The molecule has 8 heteroatoms. The Hall–Kier alpha value is -2.97. The van der Waals surface area contributed by atoms with Crippen molar-refractivity contribution in [1.29, 1.82) is 0 Å². The fourth-order valence-electron chi connectivity index (χ4n) is 3.03. The highest BCUT2D eigenvalue weighted by Gasteiger charge is 2.13. The summed E-state index contributed by atoms with van der Waals surface area (Å²) in [5.41, 5.74) is 4.37. The molecule has 28 heavy (non-hydrogen) atoms. The van der Waals surface area contributed by atoms with Crippen molar-refractivity contribution in [2.45, 2.75) is 13.3 Å². The Kier molecular flexibility index (Phi) is 4.22. The Labute approximate surface area is 169 Å². The summed E-state index contributed by atoms with van der Waals surface area (Å²) in [6.07, 6.45) is 1.02. The topological polar surface area (TPSA) is 64.3 Å². The summed E-state index contributed by atoms with van der Waals surface area (Å²) in [7, 11) is 1.66. The van der Waals surface area contributed by atoms with Crippen LogP contribution in [-0.4, -0.2) is 26.7 Å². The van der Waals surface area contributed by atoms with Gasteiger partial charge in [-0.1, -0.05) is 24.3 Å². The lowest BCUT2D eigenvalue weighted by atomic mass is 10.2. The van der Waals surface area contributed by atoms with Crippen molar-refractivity contribution < 1.29 is 4.74 Å². The van der Waals surface area contributed by atoms with E-state index in [1.807, 2.05) is 28.8 Å². The van der Waals surface area contributed by atoms with Crippen LogP contribution in [0, 0.1) is 0 Å². The molecular formula is C20H17N5OS2. The monoisotopic (exact) mass is 407 g/mol. The van der Waals surface area contributed by atoms with Crippen LogP contribution in [-0.2, 0) is 6.42 Å².